The van der Waals surface area contributed by atoms with Crippen LogP contribution < -0.4 is 16.0 Å². The third kappa shape index (κ3) is 5.21. The lowest BCUT2D eigenvalue weighted by molar-refractivity contribution is -0.131. The first-order valence-electron chi connectivity index (χ1n) is 15.4. The van der Waals surface area contributed by atoms with E-state index < -0.39 is 5.41 Å². The van der Waals surface area contributed by atoms with Crippen LogP contribution in [-0.2, 0) is 23.1 Å². The van der Waals surface area contributed by atoms with Gasteiger partial charge in [0.25, 0.3) is 11.8 Å². The molecule has 1 saturated heterocycles. The van der Waals surface area contributed by atoms with E-state index in [1.54, 1.807) is 4.90 Å². The average molecular weight is 596 g/mol. The van der Waals surface area contributed by atoms with E-state index in [2.05, 4.69) is 42.6 Å². The summed E-state index contributed by atoms with van der Waals surface area (Å²) in [4.78, 5) is 40.5. The molecule has 3 atom stereocenters. The topological polar surface area (TPSA) is 169 Å². The van der Waals surface area contributed by atoms with Crippen LogP contribution in [-0.4, -0.2) is 81.5 Å². The van der Waals surface area contributed by atoms with Gasteiger partial charge in [-0.25, -0.2) is 0 Å². The molecule has 3 amide bonds. The van der Waals surface area contributed by atoms with E-state index >= 15 is 0 Å². The monoisotopic (exact) mass is 595 g/mol. The molecule has 3 aliphatic rings. The van der Waals surface area contributed by atoms with E-state index in [1.165, 1.54) is 0 Å². The number of carbonyl (C=O) groups excluding carboxylic acids is 3. The smallest absolute Gasteiger partial charge is 0.251 e. The number of hydrogen-bond donors (Lipinski definition) is 4. The molecule has 2 aromatic carbocycles. The van der Waals surface area contributed by atoms with Gasteiger partial charge in [0.1, 0.15) is 6.04 Å². The Kier molecular flexibility index (Phi) is 8.14. The predicted molar refractivity (Wildman–Crippen MR) is 161 cm³/mol. The highest BCUT2D eigenvalue weighted by Gasteiger charge is 2.54. The molecule has 44 heavy (non-hydrogen) atoms. The number of nitriles is 1. The van der Waals surface area contributed by atoms with Crippen LogP contribution in [0.1, 0.15) is 81.9 Å². The molecule has 12 nitrogen and oxygen atoms in total. The second-order valence-corrected chi connectivity index (χ2v) is 11.8. The quantitative estimate of drug-likeness (QED) is 0.256. The van der Waals surface area contributed by atoms with E-state index in [0.29, 0.717) is 61.8 Å². The average Bonchev–Trinajstić information content (AvgIpc) is 3.42. The molecule has 228 valence electrons. The third-order valence-electron chi connectivity index (χ3n) is 9.21. The van der Waals surface area contributed by atoms with Crippen molar-refractivity contribution in [1.29, 1.82) is 5.26 Å². The number of carbonyl (C=O) groups is 3. The molecule has 1 unspecified atom stereocenters. The molecular formula is C32H37N9O3. The molecular weight excluding hydrogens is 558 g/mol. The lowest BCUT2D eigenvalue weighted by atomic mass is 9.69. The molecule has 0 bridgehead atoms. The van der Waals surface area contributed by atoms with Crippen molar-refractivity contribution in [2.45, 2.75) is 63.5 Å². The number of benzene rings is 2. The van der Waals surface area contributed by atoms with E-state index in [4.69, 9.17) is 0 Å². The normalized spacial score (nSPS) is 20.8. The summed E-state index contributed by atoms with van der Waals surface area (Å²) < 4.78 is 0. The molecule has 6 rings (SSSR count). The minimum Gasteiger partial charge on any atom is -0.352 e. The van der Waals surface area contributed by atoms with Gasteiger partial charge in [0, 0.05) is 30.3 Å². The minimum absolute atomic E-state index is 0.0602. The third-order valence-corrected chi connectivity index (χ3v) is 9.21. The maximum absolute atomic E-state index is 13.2. The van der Waals surface area contributed by atoms with E-state index in [9.17, 15) is 19.6 Å². The second kappa shape index (κ2) is 12.2. The van der Waals surface area contributed by atoms with Gasteiger partial charge in [-0.15, -0.1) is 10.2 Å². The van der Waals surface area contributed by atoms with Crippen LogP contribution in [0.2, 0.25) is 0 Å². The van der Waals surface area contributed by atoms with Crippen molar-refractivity contribution in [2.24, 2.45) is 5.92 Å². The van der Waals surface area contributed by atoms with Gasteiger partial charge < -0.3 is 20.9 Å². The number of amides is 3. The molecule has 2 aliphatic carbocycles. The summed E-state index contributed by atoms with van der Waals surface area (Å²) in [6, 6.07) is 13.6. The molecule has 0 spiro atoms. The van der Waals surface area contributed by atoms with E-state index in [1.807, 2.05) is 50.2 Å². The van der Waals surface area contributed by atoms with Gasteiger partial charge >= 0.3 is 0 Å². The largest absolute Gasteiger partial charge is 0.352 e. The predicted octanol–water partition coefficient (Wildman–Crippen LogP) is 1.62. The number of aryl methyl sites for hydroxylation is 2. The fourth-order valence-corrected chi connectivity index (χ4v) is 7.11. The van der Waals surface area contributed by atoms with Gasteiger partial charge in [-0.2, -0.15) is 10.5 Å². The number of H-pyrrole nitrogens is 1. The van der Waals surface area contributed by atoms with Gasteiger partial charge in [-0.3, -0.25) is 14.4 Å². The zero-order chi connectivity index (χ0) is 30.8. The Labute approximate surface area is 256 Å². The summed E-state index contributed by atoms with van der Waals surface area (Å²) in [5, 5.41) is 34.2. The highest BCUT2D eigenvalue weighted by molar-refractivity contribution is 5.95. The molecule has 3 aromatic rings. The summed E-state index contributed by atoms with van der Waals surface area (Å²) >= 11 is 0. The molecule has 1 aromatic heterocycles. The van der Waals surface area contributed by atoms with Gasteiger partial charge in [-0.1, -0.05) is 17.3 Å². The van der Waals surface area contributed by atoms with Gasteiger partial charge in [0.05, 0.1) is 18.0 Å². The molecule has 12 heteroatoms. The van der Waals surface area contributed by atoms with Crippen LogP contribution >= 0.6 is 0 Å². The Morgan fingerprint density at radius 3 is 2.18 bits per heavy atom. The molecule has 1 saturated carbocycles. The van der Waals surface area contributed by atoms with Crippen LogP contribution in [0.5, 0.6) is 0 Å². The van der Waals surface area contributed by atoms with Crippen molar-refractivity contribution in [1.82, 2.24) is 41.5 Å². The Bertz CT molecular complexity index is 1540. The Morgan fingerprint density at radius 2 is 1.64 bits per heavy atom. The first-order valence-corrected chi connectivity index (χ1v) is 15.4. The van der Waals surface area contributed by atoms with Crippen molar-refractivity contribution < 1.29 is 14.4 Å². The summed E-state index contributed by atoms with van der Waals surface area (Å²) in [6.45, 7) is 5.38. The molecule has 4 N–H and O–H groups in total. The van der Waals surface area contributed by atoms with E-state index in [0.717, 1.165) is 35.1 Å². The number of likely N-dealkylation sites (tertiary alicyclic amines) is 1. The Hall–Kier alpha value is -4.63. The maximum atomic E-state index is 13.2. The standard InChI is InChI=1S/C32H37N9O3/c1-3-35-29(43)21-7-9-25-19(13-21)5-6-20-14-22(30(44)36-4-2)8-10-26(20)32(25,31-37-39-40-38-31)11-12-34-18-28(42)41-24(17-33)15-23-16-27(23)41/h7-10,13-14,23-24,27,34H,3-6,11-12,15-16,18H2,1-2H3,(H,35,43)(H,36,44)(H,37,38,39,40)/t23-,24?,27+/m1/s1. The number of aromatic nitrogens is 4. The summed E-state index contributed by atoms with van der Waals surface area (Å²) in [5.74, 6) is 0.581. The summed E-state index contributed by atoms with van der Waals surface area (Å²) in [5.41, 5.74) is 4.14. The first kappa shape index (κ1) is 29.4. The first-order chi connectivity index (χ1) is 21.4. The number of piperidine rings is 1. The van der Waals surface area contributed by atoms with Crippen molar-refractivity contribution in [3.63, 3.8) is 0 Å². The highest BCUT2D eigenvalue weighted by atomic mass is 16.2. The molecule has 2 heterocycles. The fraction of sp³-hybridized carbons (Fsp3) is 0.469. The van der Waals surface area contributed by atoms with Crippen LogP contribution in [0.3, 0.4) is 0 Å². The zero-order valence-electron chi connectivity index (χ0n) is 25.0. The number of nitrogens with zero attached hydrogens (tertiary/aromatic N) is 5. The van der Waals surface area contributed by atoms with Crippen molar-refractivity contribution in [2.75, 3.05) is 26.2 Å². The van der Waals surface area contributed by atoms with Crippen molar-refractivity contribution in [3.8, 4) is 6.07 Å². The zero-order valence-corrected chi connectivity index (χ0v) is 25.0. The minimum atomic E-state index is -0.881. The highest BCUT2D eigenvalue weighted by Crippen LogP contribution is 2.48. The SMILES string of the molecule is CCNC(=O)c1ccc2c(c1)CCc1cc(C(=O)NCC)ccc1C2(CCNCC(=O)N1C(C#N)C[C@@H]2C[C@@H]21)c1nn[nH]n1. The maximum Gasteiger partial charge on any atom is 0.251 e. The van der Waals surface area contributed by atoms with Gasteiger partial charge in [0.15, 0.2) is 5.82 Å². The second-order valence-electron chi connectivity index (χ2n) is 11.8. The van der Waals surface area contributed by atoms with Crippen LogP contribution in [0, 0.1) is 17.2 Å². The number of hydrogen-bond acceptors (Lipinski definition) is 8. The molecule has 0 radical (unpaired) electrons. The Morgan fingerprint density at radius 1 is 1.00 bits per heavy atom. The lowest BCUT2D eigenvalue weighted by Gasteiger charge is -2.34. The number of rotatable bonds is 10. The number of nitrogens with one attached hydrogen (secondary N) is 4. The fourth-order valence-electron chi connectivity index (χ4n) is 7.11. The summed E-state index contributed by atoms with van der Waals surface area (Å²) in [6.07, 6.45) is 3.52. The lowest BCUT2D eigenvalue weighted by Crippen LogP contribution is -2.44. The van der Waals surface area contributed by atoms with Crippen molar-refractivity contribution in [3.05, 3.63) is 75.6 Å². The number of tetrazole rings is 1. The number of fused-ring (bicyclic) bond motifs is 3. The Balaban J connectivity index is 1.37. The summed E-state index contributed by atoms with van der Waals surface area (Å²) in [7, 11) is 0. The van der Waals surface area contributed by atoms with Crippen LogP contribution in [0.25, 0.3) is 0 Å². The number of aromatic amines is 1. The van der Waals surface area contributed by atoms with Crippen molar-refractivity contribution >= 4 is 17.7 Å². The van der Waals surface area contributed by atoms with Gasteiger partial charge in [-0.05, 0) is 105 Å². The van der Waals surface area contributed by atoms with Gasteiger partial charge in [0.2, 0.25) is 5.91 Å². The van der Waals surface area contributed by atoms with Crippen LogP contribution in [0.15, 0.2) is 36.4 Å². The molecule has 2 fully saturated rings. The van der Waals surface area contributed by atoms with Crippen LogP contribution in [0.4, 0.5) is 0 Å². The van der Waals surface area contributed by atoms with E-state index in [-0.39, 0.29) is 36.3 Å². The molecule has 1 aliphatic heterocycles.